The number of aromatic amines is 1. The fourth-order valence-electron chi connectivity index (χ4n) is 2.89. The molecule has 0 radical (unpaired) electrons. The molecule has 0 saturated carbocycles. The molecule has 0 saturated heterocycles. The third-order valence-electron chi connectivity index (χ3n) is 4.21. The van der Waals surface area contributed by atoms with Gasteiger partial charge in [-0.2, -0.15) is 5.10 Å². The van der Waals surface area contributed by atoms with E-state index in [1.54, 1.807) is 12.3 Å². The van der Waals surface area contributed by atoms with Gasteiger partial charge in [-0.3, -0.25) is 14.9 Å². The highest BCUT2D eigenvalue weighted by atomic mass is 35.5. The van der Waals surface area contributed by atoms with Crippen LogP contribution in [0.15, 0.2) is 47.3 Å². The van der Waals surface area contributed by atoms with Gasteiger partial charge in [0.25, 0.3) is 0 Å². The van der Waals surface area contributed by atoms with Crippen LogP contribution in [0.25, 0.3) is 34.3 Å². The zero-order chi connectivity index (χ0) is 19.7. The molecular weight excluding hydrogens is 378 g/mol. The third-order valence-corrected chi connectivity index (χ3v) is 4.53. The van der Waals surface area contributed by atoms with Crippen LogP contribution < -0.4 is 0 Å². The molecule has 3 heterocycles. The van der Waals surface area contributed by atoms with Gasteiger partial charge in [-0.25, -0.2) is 9.97 Å². The smallest absolute Gasteiger partial charge is 0.227 e. The fourth-order valence-corrected chi connectivity index (χ4v) is 3.11. The van der Waals surface area contributed by atoms with Crippen LogP contribution in [0.3, 0.4) is 0 Å². The zero-order valence-corrected chi connectivity index (χ0v) is 16.0. The molecule has 4 aromatic rings. The van der Waals surface area contributed by atoms with Gasteiger partial charge >= 0.3 is 0 Å². The molecule has 1 aromatic carbocycles. The minimum atomic E-state index is 0.0359. The van der Waals surface area contributed by atoms with Crippen molar-refractivity contribution >= 4 is 17.4 Å². The van der Waals surface area contributed by atoms with Gasteiger partial charge in [-0.1, -0.05) is 23.7 Å². The first-order valence-corrected chi connectivity index (χ1v) is 8.97. The summed E-state index contributed by atoms with van der Waals surface area (Å²) in [5.41, 5.74) is 3.50. The number of nitrogens with one attached hydrogen (secondary N) is 1. The number of benzene rings is 1. The first-order chi connectivity index (χ1) is 13.5. The van der Waals surface area contributed by atoms with Crippen molar-refractivity contribution in [3.05, 3.63) is 59.1 Å². The van der Waals surface area contributed by atoms with Gasteiger partial charge in [0.2, 0.25) is 5.89 Å². The molecule has 0 bridgehead atoms. The average Bonchev–Trinajstić information content (AvgIpc) is 3.32. The number of ketones is 1. The molecule has 0 aliphatic carbocycles. The van der Waals surface area contributed by atoms with Crippen LogP contribution in [-0.2, 0) is 11.2 Å². The van der Waals surface area contributed by atoms with Gasteiger partial charge < -0.3 is 4.42 Å². The number of pyridine rings is 1. The number of rotatable bonds is 5. The molecule has 0 amide bonds. The van der Waals surface area contributed by atoms with Gasteiger partial charge in [0.1, 0.15) is 12.1 Å². The van der Waals surface area contributed by atoms with Gasteiger partial charge in [0.15, 0.2) is 17.3 Å². The summed E-state index contributed by atoms with van der Waals surface area (Å²) in [7, 11) is 0. The van der Waals surface area contributed by atoms with Crippen molar-refractivity contribution in [2.75, 3.05) is 0 Å². The number of halogens is 1. The van der Waals surface area contributed by atoms with E-state index < -0.39 is 0 Å². The van der Waals surface area contributed by atoms with Gasteiger partial charge in [0.05, 0.1) is 5.02 Å². The summed E-state index contributed by atoms with van der Waals surface area (Å²) in [5.74, 6) is 1.39. The minimum Gasteiger partial charge on any atom is -0.435 e. The lowest BCUT2D eigenvalue weighted by Crippen LogP contribution is -2.00. The van der Waals surface area contributed by atoms with Crippen LogP contribution in [-0.4, -0.2) is 30.9 Å². The normalized spacial score (nSPS) is 11.0. The van der Waals surface area contributed by atoms with Crippen LogP contribution in [0, 0.1) is 6.92 Å². The maximum Gasteiger partial charge on any atom is 0.227 e. The predicted octanol–water partition coefficient (Wildman–Crippen LogP) is 4.28. The molecule has 0 aliphatic rings. The second-order valence-electron chi connectivity index (χ2n) is 6.38. The lowest BCUT2D eigenvalue weighted by Gasteiger charge is -2.04. The van der Waals surface area contributed by atoms with E-state index in [2.05, 4.69) is 25.1 Å². The highest BCUT2D eigenvalue weighted by molar-refractivity contribution is 6.33. The lowest BCUT2D eigenvalue weighted by molar-refractivity contribution is -0.116. The molecule has 140 valence electrons. The fraction of sp³-hybridized carbons (Fsp3) is 0.150. The Morgan fingerprint density at radius 3 is 2.75 bits per heavy atom. The van der Waals surface area contributed by atoms with E-state index in [0.717, 1.165) is 11.1 Å². The van der Waals surface area contributed by atoms with E-state index in [0.29, 0.717) is 39.4 Å². The Labute approximate surface area is 165 Å². The molecule has 0 atom stereocenters. The van der Waals surface area contributed by atoms with E-state index in [1.807, 2.05) is 31.2 Å². The largest absolute Gasteiger partial charge is 0.435 e. The molecule has 0 fully saturated rings. The summed E-state index contributed by atoms with van der Waals surface area (Å²) in [6.45, 7) is 3.44. The van der Waals surface area contributed by atoms with E-state index in [4.69, 9.17) is 16.0 Å². The Hall–Kier alpha value is -3.32. The average molecular weight is 394 g/mol. The SMILES string of the molecule is CC(=O)Cc1cc(-c2nc(-c3ncn[nH]3)c(-c3ccccc3Cl)o2)c(C)cn1. The van der Waals surface area contributed by atoms with Crippen molar-refractivity contribution in [2.24, 2.45) is 0 Å². The third kappa shape index (κ3) is 3.44. The number of H-pyrrole nitrogens is 1. The number of nitrogens with zero attached hydrogens (tertiary/aromatic N) is 4. The number of carbonyl (C=O) groups is 1. The molecule has 0 unspecified atom stereocenters. The van der Waals surface area contributed by atoms with Crippen molar-refractivity contribution in [2.45, 2.75) is 20.3 Å². The second kappa shape index (κ2) is 7.36. The molecule has 8 heteroatoms. The number of aromatic nitrogens is 5. The zero-order valence-electron chi connectivity index (χ0n) is 15.2. The van der Waals surface area contributed by atoms with Gasteiger partial charge in [-0.05, 0) is 37.6 Å². The summed E-state index contributed by atoms with van der Waals surface area (Å²) >= 11 is 6.38. The predicted molar refractivity (Wildman–Crippen MR) is 105 cm³/mol. The minimum absolute atomic E-state index is 0.0359. The van der Waals surface area contributed by atoms with Gasteiger partial charge in [0, 0.05) is 29.4 Å². The van der Waals surface area contributed by atoms with Crippen LogP contribution >= 0.6 is 11.6 Å². The highest BCUT2D eigenvalue weighted by Crippen LogP contribution is 2.38. The Morgan fingerprint density at radius 1 is 1.21 bits per heavy atom. The van der Waals surface area contributed by atoms with Crippen LogP contribution in [0.2, 0.25) is 5.02 Å². The maximum absolute atomic E-state index is 11.5. The molecule has 0 aliphatic heterocycles. The first-order valence-electron chi connectivity index (χ1n) is 8.59. The van der Waals surface area contributed by atoms with Crippen molar-refractivity contribution in [3.63, 3.8) is 0 Å². The highest BCUT2D eigenvalue weighted by Gasteiger charge is 2.22. The molecular formula is C20H16ClN5O2. The van der Waals surface area contributed by atoms with Crippen molar-refractivity contribution in [1.29, 1.82) is 0 Å². The van der Waals surface area contributed by atoms with Crippen LogP contribution in [0.1, 0.15) is 18.2 Å². The summed E-state index contributed by atoms with van der Waals surface area (Å²) in [4.78, 5) is 24.6. The number of hydrogen-bond donors (Lipinski definition) is 1. The summed E-state index contributed by atoms with van der Waals surface area (Å²) in [5, 5.41) is 7.26. The maximum atomic E-state index is 11.5. The van der Waals surface area contributed by atoms with E-state index >= 15 is 0 Å². The number of oxazole rings is 1. The van der Waals surface area contributed by atoms with E-state index in [-0.39, 0.29) is 12.2 Å². The first kappa shape index (κ1) is 18.1. The van der Waals surface area contributed by atoms with Crippen LogP contribution in [0.4, 0.5) is 0 Å². The van der Waals surface area contributed by atoms with E-state index in [1.165, 1.54) is 13.3 Å². The Kier molecular flexibility index (Phi) is 4.75. The molecule has 1 N–H and O–H groups in total. The Balaban J connectivity index is 1.90. The number of aryl methyl sites for hydroxylation is 1. The number of carbonyl (C=O) groups excluding carboxylic acids is 1. The molecule has 3 aromatic heterocycles. The Bertz CT molecular complexity index is 1150. The molecule has 0 spiro atoms. The molecule has 28 heavy (non-hydrogen) atoms. The summed E-state index contributed by atoms with van der Waals surface area (Å²) < 4.78 is 6.14. The standard InChI is InChI=1S/C20H16ClN5O2/c1-11-9-22-13(7-12(2)27)8-15(11)20-25-17(19-23-10-24-26-19)18(28-20)14-5-3-4-6-16(14)21/h3-6,8-10H,7H2,1-2H3,(H,23,24,26). The number of hydrogen-bond acceptors (Lipinski definition) is 6. The van der Waals surface area contributed by atoms with Crippen LogP contribution in [0.5, 0.6) is 0 Å². The quantitative estimate of drug-likeness (QED) is 0.543. The molecule has 7 nitrogen and oxygen atoms in total. The summed E-state index contributed by atoms with van der Waals surface area (Å²) in [6, 6.07) is 9.18. The second-order valence-corrected chi connectivity index (χ2v) is 6.79. The lowest BCUT2D eigenvalue weighted by atomic mass is 10.1. The number of Topliss-reactive ketones (excluding diaryl/α,β-unsaturated/α-hetero) is 1. The van der Waals surface area contributed by atoms with Crippen molar-refractivity contribution in [1.82, 2.24) is 25.1 Å². The molecule has 4 rings (SSSR count). The summed E-state index contributed by atoms with van der Waals surface area (Å²) in [6.07, 6.45) is 3.37. The Morgan fingerprint density at radius 2 is 2.04 bits per heavy atom. The van der Waals surface area contributed by atoms with E-state index in [9.17, 15) is 4.79 Å². The van der Waals surface area contributed by atoms with Crippen molar-refractivity contribution in [3.8, 4) is 34.3 Å². The topological polar surface area (TPSA) is 97.6 Å². The monoisotopic (exact) mass is 393 g/mol. The van der Waals surface area contributed by atoms with Gasteiger partial charge in [-0.15, -0.1) is 0 Å². The van der Waals surface area contributed by atoms with Crippen molar-refractivity contribution < 1.29 is 9.21 Å².